The Kier molecular flexibility index (Phi) is 7.80. The summed E-state index contributed by atoms with van der Waals surface area (Å²) >= 11 is 1.58. The highest BCUT2D eigenvalue weighted by Crippen LogP contribution is 2.11. The summed E-state index contributed by atoms with van der Waals surface area (Å²) < 4.78 is 0. The zero-order valence-electron chi connectivity index (χ0n) is 11.7. The van der Waals surface area contributed by atoms with E-state index in [1.165, 1.54) is 5.56 Å². The van der Waals surface area contributed by atoms with Crippen molar-refractivity contribution in [1.82, 2.24) is 5.32 Å². The van der Waals surface area contributed by atoms with Gasteiger partial charge in [0.15, 0.2) is 0 Å². The number of carboxylic acids is 1. The van der Waals surface area contributed by atoms with Gasteiger partial charge >= 0.3 is 5.97 Å². The number of thioether (sulfide) groups is 1. The lowest BCUT2D eigenvalue weighted by molar-refractivity contribution is -0.137. The molecule has 2 N–H and O–H groups in total. The molecule has 0 heterocycles. The topological polar surface area (TPSA) is 66.4 Å². The van der Waals surface area contributed by atoms with E-state index < -0.39 is 5.97 Å². The minimum absolute atomic E-state index is 0.00751. The van der Waals surface area contributed by atoms with E-state index in [1.54, 1.807) is 11.8 Å². The van der Waals surface area contributed by atoms with E-state index in [0.717, 1.165) is 5.75 Å². The summed E-state index contributed by atoms with van der Waals surface area (Å²) in [4.78, 5) is 22.1. The summed E-state index contributed by atoms with van der Waals surface area (Å²) in [6.07, 6.45) is 0.743. The summed E-state index contributed by atoms with van der Waals surface area (Å²) in [5, 5.41) is 11.4. The van der Waals surface area contributed by atoms with Gasteiger partial charge in [0.25, 0.3) is 0 Å². The Morgan fingerprint density at radius 2 is 2.00 bits per heavy atom. The highest BCUT2D eigenvalue weighted by molar-refractivity contribution is 7.99. The molecule has 110 valence electrons. The SMILES string of the molecule is CC(CCC(=O)O)CNC(=O)CSCc1ccccc1. The van der Waals surface area contributed by atoms with Crippen molar-refractivity contribution in [2.24, 2.45) is 5.92 Å². The van der Waals surface area contributed by atoms with Crippen LogP contribution in [0.4, 0.5) is 0 Å². The Bertz CT molecular complexity index is 422. The van der Waals surface area contributed by atoms with E-state index in [9.17, 15) is 9.59 Å². The van der Waals surface area contributed by atoms with Gasteiger partial charge in [0.2, 0.25) is 5.91 Å². The number of carbonyl (C=O) groups is 2. The van der Waals surface area contributed by atoms with Crippen LogP contribution in [0.2, 0.25) is 0 Å². The Labute approximate surface area is 124 Å². The van der Waals surface area contributed by atoms with E-state index in [0.29, 0.717) is 18.7 Å². The fraction of sp³-hybridized carbons (Fsp3) is 0.467. The summed E-state index contributed by atoms with van der Waals surface area (Å²) in [5.74, 6) is 0.660. The molecule has 1 unspecified atom stereocenters. The van der Waals surface area contributed by atoms with Gasteiger partial charge in [-0.15, -0.1) is 11.8 Å². The van der Waals surface area contributed by atoms with E-state index >= 15 is 0 Å². The average Bonchev–Trinajstić information content (AvgIpc) is 2.44. The quantitative estimate of drug-likeness (QED) is 0.734. The van der Waals surface area contributed by atoms with Crippen LogP contribution in [-0.4, -0.2) is 29.3 Å². The second kappa shape index (κ2) is 9.42. The van der Waals surface area contributed by atoms with Gasteiger partial charge in [-0.2, -0.15) is 0 Å². The molecule has 0 radical (unpaired) electrons. The molecule has 1 atom stereocenters. The maximum atomic E-state index is 11.6. The van der Waals surface area contributed by atoms with Crippen LogP contribution >= 0.6 is 11.8 Å². The predicted molar refractivity (Wildman–Crippen MR) is 81.6 cm³/mol. The maximum absolute atomic E-state index is 11.6. The zero-order valence-corrected chi connectivity index (χ0v) is 12.5. The number of carbonyl (C=O) groups excluding carboxylic acids is 1. The van der Waals surface area contributed by atoms with Crippen LogP contribution in [0.25, 0.3) is 0 Å². The molecule has 5 heteroatoms. The van der Waals surface area contributed by atoms with Gasteiger partial charge in [-0.1, -0.05) is 37.3 Å². The van der Waals surface area contributed by atoms with Gasteiger partial charge in [0.05, 0.1) is 5.75 Å². The molecular formula is C15H21NO3S. The van der Waals surface area contributed by atoms with Crippen LogP contribution in [0, 0.1) is 5.92 Å². The van der Waals surface area contributed by atoms with Gasteiger partial charge < -0.3 is 10.4 Å². The fourth-order valence-corrected chi connectivity index (χ4v) is 2.46. The minimum atomic E-state index is -0.790. The molecule has 0 bridgehead atoms. The third-order valence-corrected chi connectivity index (χ3v) is 3.85. The van der Waals surface area contributed by atoms with Crippen LogP contribution in [0.3, 0.4) is 0 Å². The lowest BCUT2D eigenvalue weighted by Crippen LogP contribution is -2.29. The van der Waals surface area contributed by atoms with Crippen molar-refractivity contribution >= 4 is 23.6 Å². The predicted octanol–water partition coefficient (Wildman–Crippen LogP) is 2.54. The summed E-state index contributed by atoms with van der Waals surface area (Å²) in [5.41, 5.74) is 1.21. The Hall–Kier alpha value is -1.49. The Balaban J connectivity index is 2.10. The molecule has 0 saturated heterocycles. The van der Waals surface area contributed by atoms with E-state index in [4.69, 9.17) is 5.11 Å². The van der Waals surface area contributed by atoms with Crippen molar-refractivity contribution in [3.8, 4) is 0 Å². The van der Waals surface area contributed by atoms with Crippen molar-refractivity contribution in [2.75, 3.05) is 12.3 Å². The van der Waals surface area contributed by atoms with Crippen LogP contribution in [0.15, 0.2) is 30.3 Å². The van der Waals surface area contributed by atoms with Crippen molar-refractivity contribution < 1.29 is 14.7 Å². The third-order valence-electron chi connectivity index (χ3n) is 2.84. The number of rotatable bonds is 9. The Morgan fingerprint density at radius 3 is 2.65 bits per heavy atom. The summed E-state index contributed by atoms with van der Waals surface area (Å²) in [6, 6.07) is 10.0. The molecule has 1 aromatic rings. The van der Waals surface area contributed by atoms with E-state index in [1.807, 2.05) is 37.3 Å². The Morgan fingerprint density at radius 1 is 1.30 bits per heavy atom. The van der Waals surface area contributed by atoms with Gasteiger partial charge in [-0.05, 0) is 17.9 Å². The number of benzene rings is 1. The lowest BCUT2D eigenvalue weighted by Gasteiger charge is -2.11. The van der Waals surface area contributed by atoms with E-state index in [2.05, 4.69) is 5.32 Å². The van der Waals surface area contributed by atoms with Crippen molar-refractivity contribution in [3.05, 3.63) is 35.9 Å². The molecule has 1 amide bonds. The number of nitrogens with one attached hydrogen (secondary N) is 1. The summed E-state index contributed by atoms with van der Waals surface area (Å²) in [6.45, 7) is 2.48. The maximum Gasteiger partial charge on any atom is 0.303 e. The molecule has 0 spiro atoms. The first-order valence-electron chi connectivity index (χ1n) is 6.68. The molecule has 0 aliphatic rings. The van der Waals surface area contributed by atoms with Crippen LogP contribution in [0.5, 0.6) is 0 Å². The van der Waals surface area contributed by atoms with Crippen molar-refractivity contribution in [1.29, 1.82) is 0 Å². The normalized spacial score (nSPS) is 11.8. The second-order valence-electron chi connectivity index (χ2n) is 4.82. The van der Waals surface area contributed by atoms with Gasteiger partial charge in [0.1, 0.15) is 0 Å². The zero-order chi connectivity index (χ0) is 14.8. The smallest absolute Gasteiger partial charge is 0.303 e. The molecular weight excluding hydrogens is 274 g/mol. The molecule has 1 aromatic carbocycles. The monoisotopic (exact) mass is 295 g/mol. The van der Waals surface area contributed by atoms with Gasteiger partial charge in [0, 0.05) is 18.7 Å². The summed E-state index contributed by atoms with van der Waals surface area (Å²) in [7, 11) is 0. The molecule has 4 nitrogen and oxygen atoms in total. The first-order valence-corrected chi connectivity index (χ1v) is 7.83. The van der Waals surface area contributed by atoms with Crippen LogP contribution < -0.4 is 5.32 Å². The molecule has 1 rings (SSSR count). The number of amides is 1. The molecule has 0 saturated carbocycles. The van der Waals surface area contributed by atoms with Gasteiger partial charge in [-0.3, -0.25) is 9.59 Å². The van der Waals surface area contributed by atoms with Gasteiger partial charge in [-0.25, -0.2) is 0 Å². The molecule has 0 aliphatic heterocycles. The number of aliphatic carboxylic acids is 1. The molecule has 20 heavy (non-hydrogen) atoms. The van der Waals surface area contributed by atoms with Crippen LogP contribution in [0.1, 0.15) is 25.3 Å². The van der Waals surface area contributed by atoms with E-state index in [-0.39, 0.29) is 18.2 Å². The highest BCUT2D eigenvalue weighted by Gasteiger charge is 2.07. The average molecular weight is 295 g/mol. The minimum Gasteiger partial charge on any atom is -0.481 e. The van der Waals surface area contributed by atoms with Crippen LogP contribution in [-0.2, 0) is 15.3 Å². The standard InChI is InChI=1S/C15H21NO3S/c1-12(7-8-15(18)19)9-16-14(17)11-20-10-13-5-3-2-4-6-13/h2-6,12H,7-11H2,1H3,(H,16,17)(H,18,19). The molecule has 0 fully saturated rings. The highest BCUT2D eigenvalue weighted by atomic mass is 32.2. The first-order chi connectivity index (χ1) is 9.58. The lowest BCUT2D eigenvalue weighted by atomic mass is 10.1. The third kappa shape index (κ3) is 7.84. The second-order valence-corrected chi connectivity index (χ2v) is 5.81. The molecule has 0 aromatic heterocycles. The number of hydrogen-bond donors (Lipinski definition) is 2. The van der Waals surface area contributed by atoms with Crippen molar-refractivity contribution in [3.63, 3.8) is 0 Å². The fourth-order valence-electron chi connectivity index (χ4n) is 1.65. The largest absolute Gasteiger partial charge is 0.481 e. The first kappa shape index (κ1) is 16.6. The number of hydrogen-bond acceptors (Lipinski definition) is 3. The number of carboxylic acid groups (broad SMARTS) is 1. The van der Waals surface area contributed by atoms with Crippen molar-refractivity contribution in [2.45, 2.75) is 25.5 Å². The molecule has 0 aliphatic carbocycles.